The first-order valence-corrected chi connectivity index (χ1v) is 17.3. The van der Waals surface area contributed by atoms with E-state index in [0.717, 1.165) is 66.6 Å². The van der Waals surface area contributed by atoms with Gasteiger partial charge in [0, 0.05) is 36.1 Å². The van der Waals surface area contributed by atoms with Crippen molar-refractivity contribution in [3.8, 4) is 11.3 Å². The molecule has 2 unspecified atom stereocenters. The standard InChI is InChI=1S/C29H33N3O.C8H12O3S/c1-3-19-32(20-4-2)27-17-10-16-25-24-15-9-14-23(21-26(24)31-29(25)27)30-28(33)18-8-13-22-11-6-5-7-12-22;1-7-5-3-4-6-8(7,2)12(9,10)11/h5-7,9-12,14-17,21H,3-4,8,13,18-20H2,1-2H3,(H,30,33);3-7H,1-2H3,(H,9,10,11). The second-order valence-electron chi connectivity index (χ2n) is 11.8. The number of hydrogen-bond donors (Lipinski definition) is 2. The molecule has 5 rings (SSSR count). The molecule has 0 fully saturated rings. The maximum atomic E-state index is 12.6. The Morgan fingerprint density at radius 2 is 1.69 bits per heavy atom. The van der Waals surface area contributed by atoms with Crippen molar-refractivity contribution >= 4 is 38.3 Å². The number of allylic oxidation sites excluding steroid dienone is 3. The summed E-state index contributed by atoms with van der Waals surface area (Å²) in [5.41, 5.74) is 6.32. The Morgan fingerprint density at radius 1 is 0.978 bits per heavy atom. The van der Waals surface area contributed by atoms with E-state index in [2.05, 4.69) is 60.5 Å². The second kappa shape index (κ2) is 15.3. The number of nitrogens with one attached hydrogen (secondary N) is 1. The largest absolute Gasteiger partial charge is 0.370 e. The average Bonchev–Trinajstić information content (AvgIpc) is 3.23. The summed E-state index contributed by atoms with van der Waals surface area (Å²) in [6.07, 6.45) is 11.1. The topological polar surface area (TPSA) is 99.6 Å². The number of benzene rings is 2. The molecule has 0 bridgehead atoms. The third-order valence-corrected chi connectivity index (χ3v) is 9.99. The van der Waals surface area contributed by atoms with Crippen molar-refractivity contribution in [2.75, 3.05) is 23.3 Å². The maximum Gasteiger partial charge on any atom is 0.274 e. The lowest BCUT2D eigenvalue weighted by molar-refractivity contribution is -0.116. The molecule has 2 N–H and O–H groups in total. The van der Waals surface area contributed by atoms with Crippen LogP contribution in [0.25, 0.3) is 22.2 Å². The van der Waals surface area contributed by atoms with Crippen molar-refractivity contribution in [2.24, 2.45) is 5.92 Å². The molecule has 0 radical (unpaired) electrons. The zero-order valence-electron chi connectivity index (χ0n) is 26.7. The van der Waals surface area contributed by atoms with Crippen molar-refractivity contribution < 1.29 is 17.8 Å². The fourth-order valence-electron chi connectivity index (χ4n) is 5.60. The fourth-order valence-corrected chi connectivity index (χ4v) is 6.40. The van der Waals surface area contributed by atoms with E-state index in [-0.39, 0.29) is 11.8 Å². The minimum Gasteiger partial charge on any atom is -0.370 e. The maximum absolute atomic E-state index is 12.6. The van der Waals surface area contributed by atoms with Gasteiger partial charge in [-0.25, -0.2) is 4.98 Å². The van der Waals surface area contributed by atoms with Crippen molar-refractivity contribution in [3.63, 3.8) is 0 Å². The number of anilines is 2. The number of nitrogens with zero attached hydrogens (tertiary/aromatic N) is 2. The number of hydrogen-bond acceptors (Lipinski definition) is 5. The molecule has 0 spiro atoms. The smallest absolute Gasteiger partial charge is 0.274 e. The van der Waals surface area contributed by atoms with Crippen LogP contribution in [0.2, 0.25) is 0 Å². The molecule has 0 saturated heterocycles. The first-order valence-electron chi connectivity index (χ1n) is 15.8. The normalized spacial score (nSPS) is 17.6. The molecule has 7 nitrogen and oxygen atoms in total. The van der Waals surface area contributed by atoms with E-state index in [4.69, 9.17) is 9.54 Å². The number of fused-ring (bicyclic) bond motifs is 3. The van der Waals surface area contributed by atoms with E-state index < -0.39 is 14.9 Å². The van der Waals surface area contributed by atoms with Crippen molar-refractivity contribution in [2.45, 2.75) is 64.5 Å². The molecule has 0 aromatic heterocycles. The molecule has 2 aromatic rings. The van der Waals surface area contributed by atoms with Gasteiger partial charge in [-0.3, -0.25) is 9.35 Å². The van der Waals surface area contributed by atoms with Gasteiger partial charge >= 0.3 is 0 Å². The molecule has 0 saturated carbocycles. The Bertz CT molecular complexity index is 1710. The Morgan fingerprint density at radius 3 is 2.33 bits per heavy atom. The van der Waals surface area contributed by atoms with Gasteiger partial charge in [0.25, 0.3) is 10.1 Å². The quantitative estimate of drug-likeness (QED) is 0.162. The summed E-state index contributed by atoms with van der Waals surface area (Å²) in [5, 5.41) is 4.24. The lowest BCUT2D eigenvalue weighted by atomic mass is 9.91. The predicted octanol–water partition coefficient (Wildman–Crippen LogP) is 8.32. The second-order valence-corrected chi connectivity index (χ2v) is 13.6. The minimum absolute atomic E-state index is 0.0409. The summed E-state index contributed by atoms with van der Waals surface area (Å²) in [4.78, 5) is 20.0. The van der Waals surface area contributed by atoms with Crippen LogP contribution in [0.3, 0.4) is 0 Å². The van der Waals surface area contributed by atoms with Crippen molar-refractivity contribution in [1.82, 2.24) is 4.98 Å². The molecule has 2 atom stereocenters. The van der Waals surface area contributed by atoms with E-state index in [1.807, 2.05) is 36.4 Å². The lowest BCUT2D eigenvalue weighted by Gasteiger charge is -2.29. The first kappa shape index (κ1) is 33.9. The van der Waals surface area contributed by atoms with Gasteiger partial charge in [0.05, 0.1) is 16.9 Å². The van der Waals surface area contributed by atoms with Crippen LogP contribution in [0, 0.1) is 5.92 Å². The van der Waals surface area contributed by atoms with E-state index in [1.54, 1.807) is 25.2 Å². The van der Waals surface area contributed by atoms with E-state index >= 15 is 0 Å². The number of carbonyl (C=O) groups excluding carboxylic acids is 1. The number of amides is 1. The summed E-state index contributed by atoms with van der Waals surface area (Å²) in [6, 6.07) is 24.8. The van der Waals surface area contributed by atoms with E-state index in [9.17, 15) is 13.2 Å². The highest BCUT2D eigenvalue weighted by atomic mass is 32.2. The number of aromatic nitrogens is 1. The van der Waals surface area contributed by atoms with Crippen molar-refractivity contribution in [1.29, 1.82) is 0 Å². The summed E-state index contributed by atoms with van der Waals surface area (Å²) >= 11 is 0. The summed E-state index contributed by atoms with van der Waals surface area (Å²) in [5.74, 6) is -0.156. The van der Waals surface area contributed by atoms with E-state index in [1.165, 1.54) is 24.3 Å². The van der Waals surface area contributed by atoms with Gasteiger partial charge in [0.1, 0.15) is 4.75 Å². The molecule has 1 amide bonds. The van der Waals surface area contributed by atoms with Crippen LogP contribution in [-0.4, -0.2) is 41.7 Å². The van der Waals surface area contributed by atoms with Gasteiger partial charge in [-0.15, -0.1) is 0 Å². The van der Waals surface area contributed by atoms with Crippen LogP contribution in [-0.2, 0) is 21.3 Å². The number of aryl methyl sites for hydroxylation is 1. The number of carbonyl (C=O) groups is 1. The third kappa shape index (κ3) is 8.38. The van der Waals surface area contributed by atoms with Gasteiger partial charge in [0.15, 0.2) is 0 Å². The van der Waals surface area contributed by atoms with Crippen LogP contribution in [0.15, 0.2) is 97.1 Å². The minimum atomic E-state index is -4.01. The Balaban J connectivity index is 0.000000323. The molecular formula is C37H45N3O4S. The molecule has 238 valence electrons. The molecule has 8 heteroatoms. The van der Waals surface area contributed by atoms with Gasteiger partial charge in [-0.05, 0) is 62.3 Å². The molecule has 1 aliphatic heterocycles. The molecule has 45 heavy (non-hydrogen) atoms. The number of para-hydroxylation sites is 1. The Hall–Kier alpha value is -4.01. The SMILES string of the molecule is CC1C=CC=CC1(C)S(=O)(=O)O.CCCN(CCC)c1cccc2c3cccc(NC(=O)CCCc4ccccc4)cc-3nc12. The molecule has 1 heterocycles. The van der Waals surface area contributed by atoms with Gasteiger partial charge in [-0.2, -0.15) is 8.42 Å². The van der Waals surface area contributed by atoms with Gasteiger partial charge < -0.3 is 10.2 Å². The number of rotatable bonds is 11. The van der Waals surface area contributed by atoms with Crippen molar-refractivity contribution in [3.05, 3.63) is 103 Å². The average molecular weight is 628 g/mol. The molecular weight excluding hydrogens is 582 g/mol. The summed E-state index contributed by atoms with van der Waals surface area (Å²) in [7, 11) is -4.01. The molecule has 2 aliphatic carbocycles. The van der Waals surface area contributed by atoms with Crippen LogP contribution in [0.4, 0.5) is 11.4 Å². The van der Waals surface area contributed by atoms with Gasteiger partial charge in [-0.1, -0.05) is 99.7 Å². The Labute approximate surface area is 268 Å². The van der Waals surface area contributed by atoms with Crippen LogP contribution < -0.4 is 10.2 Å². The summed E-state index contributed by atoms with van der Waals surface area (Å²) in [6.45, 7) is 9.74. The summed E-state index contributed by atoms with van der Waals surface area (Å²) < 4.78 is 29.8. The zero-order valence-corrected chi connectivity index (χ0v) is 27.6. The van der Waals surface area contributed by atoms with E-state index in [0.29, 0.717) is 6.42 Å². The molecule has 2 aromatic carbocycles. The predicted molar refractivity (Wildman–Crippen MR) is 187 cm³/mol. The Kier molecular flexibility index (Phi) is 11.5. The van der Waals surface area contributed by atoms with Crippen LogP contribution in [0.1, 0.15) is 58.9 Å². The van der Waals surface area contributed by atoms with Crippen LogP contribution >= 0.6 is 0 Å². The highest BCUT2D eigenvalue weighted by Crippen LogP contribution is 2.37. The third-order valence-electron chi connectivity index (χ3n) is 8.37. The van der Waals surface area contributed by atoms with Crippen LogP contribution in [0.5, 0.6) is 0 Å². The first-order chi connectivity index (χ1) is 21.6. The molecule has 3 aliphatic rings. The highest BCUT2D eigenvalue weighted by Gasteiger charge is 2.40. The highest BCUT2D eigenvalue weighted by molar-refractivity contribution is 7.87. The zero-order chi connectivity index (χ0) is 32.5. The fraction of sp³-hybridized carbons (Fsp3) is 0.351. The van der Waals surface area contributed by atoms with Gasteiger partial charge in [0.2, 0.25) is 5.91 Å². The lowest BCUT2D eigenvalue weighted by Crippen LogP contribution is -2.39. The monoisotopic (exact) mass is 627 g/mol.